The van der Waals surface area contributed by atoms with E-state index in [0.717, 1.165) is 18.2 Å². The summed E-state index contributed by atoms with van der Waals surface area (Å²) in [5, 5.41) is 11.0. The topological polar surface area (TPSA) is 97.7 Å². The maximum absolute atomic E-state index is 17.5. The molecule has 0 amide bonds. The average Bonchev–Trinajstić information content (AvgIpc) is 3.16. The van der Waals surface area contributed by atoms with Crippen LogP contribution in [0.4, 0.5) is 13.2 Å². The quantitative estimate of drug-likeness (QED) is 0.337. The van der Waals surface area contributed by atoms with Gasteiger partial charge in [-0.1, -0.05) is 38.6 Å². The van der Waals surface area contributed by atoms with Gasteiger partial charge in [0.25, 0.3) is 0 Å². The molecule has 3 fully saturated rings. The van der Waals surface area contributed by atoms with E-state index in [1.54, 1.807) is 20.8 Å². The number of aliphatic hydroxyl groups is 1. The van der Waals surface area contributed by atoms with Crippen molar-refractivity contribution in [3.8, 4) is 0 Å². The molecular formula is C32H35F3O6S. The summed E-state index contributed by atoms with van der Waals surface area (Å²) in [5.41, 5.74) is -6.83. The summed E-state index contributed by atoms with van der Waals surface area (Å²) in [6.45, 7) is 6.49. The Morgan fingerprint density at radius 1 is 1.12 bits per heavy atom. The third-order valence-electron chi connectivity index (χ3n) is 10.5. The number of ketones is 2. The minimum atomic E-state index is -2.35. The average molecular weight is 605 g/mol. The van der Waals surface area contributed by atoms with Crippen LogP contribution in [0, 0.1) is 34.4 Å². The van der Waals surface area contributed by atoms with Crippen LogP contribution < -0.4 is 0 Å². The van der Waals surface area contributed by atoms with Crippen LogP contribution in [-0.4, -0.2) is 57.1 Å². The molecule has 1 aromatic rings. The predicted octanol–water partition coefficient (Wildman–Crippen LogP) is 5.53. The van der Waals surface area contributed by atoms with Gasteiger partial charge in [-0.25, -0.2) is 13.2 Å². The van der Waals surface area contributed by atoms with E-state index < -0.39 is 80.6 Å². The zero-order chi connectivity index (χ0) is 30.8. The smallest absolute Gasteiger partial charge is 0.306 e. The lowest BCUT2D eigenvalue weighted by molar-refractivity contribution is -0.228. The van der Waals surface area contributed by atoms with Crippen LogP contribution in [0.2, 0.25) is 0 Å². The molecule has 0 unspecified atom stereocenters. The van der Waals surface area contributed by atoms with Crippen LogP contribution in [0.5, 0.6) is 0 Å². The van der Waals surface area contributed by atoms with Crippen molar-refractivity contribution in [1.82, 2.24) is 0 Å². The standard InChI is InChI=1S/C32H35F3O6S/c1-5-27(39)41-32(28(40)42-16-25(37)18-6-8-19(33)9-7-18)17(2)12-21-22-14-24(34)23-13-20(36)10-11-29(23,3)31(22,35)26(38)15-30(21,32)4/h6-11,13,17,21-22,24,26,38H,5,12,14-16H2,1-4H3/t17-,21+,22+,24+,26+,29+,30+,31+,32+/m1/s1. The zero-order valence-corrected chi connectivity index (χ0v) is 24.8. The van der Waals surface area contributed by atoms with Crippen molar-refractivity contribution in [3.05, 3.63) is 59.4 Å². The molecule has 4 aliphatic carbocycles. The van der Waals surface area contributed by atoms with Crippen LogP contribution in [0.3, 0.4) is 0 Å². The predicted molar refractivity (Wildman–Crippen MR) is 150 cm³/mol. The fourth-order valence-corrected chi connectivity index (χ4v) is 9.55. The van der Waals surface area contributed by atoms with Gasteiger partial charge in [-0.05, 0) is 74.1 Å². The number of halogens is 3. The van der Waals surface area contributed by atoms with Crippen LogP contribution in [0.15, 0.2) is 48.1 Å². The van der Waals surface area contributed by atoms with E-state index >= 15 is 8.78 Å². The lowest BCUT2D eigenvalue weighted by Gasteiger charge is -2.63. The van der Waals surface area contributed by atoms with Gasteiger partial charge in [0.05, 0.1) is 11.9 Å². The first kappa shape index (κ1) is 30.7. The molecule has 4 aliphatic rings. The molecule has 0 aromatic heterocycles. The van der Waals surface area contributed by atoms with Crippen molar-refractivity contribution >= 4 is 34.4 Å². The van der Waals surface area contributed by atoms with E-state index in [1.807, 2.05) is 0 Å². The Hall–Kier alpha value is -2.72. The maximum Gasteiger partial charge on any atom is 0.306 e. The van der Waals surface area contributed by atoms with Gasteiger partial charge in [-0.2, -0.15) is 0 Å². The van der Waals surface area contributed by atoms with E-state index in [2.05, 4.69) is 0 Å². The van der Waals surface area contributed by atoms with Gasteiger partial charge in [0.1, 0.15) is 12.0 Å². The molecule has 1 N–H and O–H groups in total. The number of hydrogen-bond donors (Lipinski definition) is 1. The number of carbonyl (C=O) groups is 4. The number of aliphatic hydroxyl groups excluding tert-OH is 1. The Morgan fingerprint density at radius 3 is 2.43 bits per heavy atom. The largest absolute Gasteiger partial charge is 0.449 e. The summed E-state index contributed by atoms with van der Waals surface area (Å²) < 4.78 is 52.7. The number of Topliss-reactive ketones (excluding diaryl/α,β-unsaturated/α-hetero) is 1. The van der Waals surface area contributed by atoms with E-state index in [1.165, 1.54) is 31.2 Å². The Bertz CT molecular complexity index is 1390. The lowest BCUT2D eigenvalue weighted by atomic mass is 9.44. The Kier molecular flexibility index (Phi) is 7.66. The van der Waals surface area contributed by atoms with Crippen molar-refractivity contribution in [3.63, 3.8) is 0 Å². The molecule has 6 nitrogen and oxygen atoms in total. The van der Waals surface area contributed by atoms with E-state index in [-0.39, 0.29) is 42.6 Å². The highest BCUT2D eigenvalue weighted by Gasteiger charge is 2.78. The van der Waals surface area contributed by atoms with Gasteiger partial charge in [-0.3, -0.25) is 19.2 Å². The van der Waals surface area contributed by atoms with Gasteiger partial charge < -0.3 is 9.84 Å². The van der Waals surface area contributed by atoms with Gasteiger partial charge in [0.2, 0.25) is 5.12 Å². The van der Waals surface area contributed by atoms with Gasteiger partial charge in [-0.15, -0.1) is 0 Å². The summed E-state index contributed by atoms with van der Waals surface area (Å²) >= 11 is 0.671. The molecular weight excluding hydrogens is 569 g/mol. The number of hydrogen-bond acceptors (Lipinski definition) is 7. The molecule has 0 radical (unpaired) electrons. The second-order valence-corrected chi connectivity index (χ2v) is 13.5. The van der Waals surface area contributed by atoms with E-state index in [4.69, 9.17) is 4.74 Å². The Morgan fingerprint density at radius 2 is 1.79 bits per heavy atom. The summed E-state index contributed by atoms with van der Waals surface area (Å²) in [6, 6.07) is 4.91. The summed E-state index contributed by atoms with van der Waals surface area (Å²) in [7, 11) is 0. The van der Waals surface area contributed by atoms with Crippen molar-refractivity contribution in [1.29, 1.82) is 0 Å². The fraction of sp³-hybridized carbons (Fsp3) is 0.562. The van der Waals surface area contributed by atoms with Crippen LogP contribution >= 0.6 is 11.8 Å². The number of thioether (sulfide) groups is 1. The molecule has 0 heterocycles. The van der Waals surface area contributed by atoms with Gasteiger partial charge in [0, 0.05) is 34.7 Å². The Balaban J connectivity index is 1.54. The van der Waals surface area contributed by atoms with Crippen molar-refractivity contribution in [2.45, 2.75) is 76.9 Å². The second kappa shape index (κ2) is 10.5. The number of benzene rings is 1. The monoisotopic (exact) mass is 604 g/mol. The first-order chi connectivity index (χ1) is 19.7. The first-order valence-corrected chi connectivity index (χ1v) is 15.3. The SMILES string of the molecule is CCC(=O)O[C@]1(C(=O)SCC(=O)c2ccc(F)cc2)[C@H](C)C[C@H]2[C@@H]3C[C@H](F)C4=CC(=O)C=C[C@]4(C)[C@@]3(F)[C@@H](O)C[C@@]21C. The fourth-order valence-electron chi connectivity index (χ4n) is 8.43. The van der Waals surface area contributed by atoms with Crippen molar-refractivity contribution in [2.24, 2.45) is 28.6 Å². The molecule has 226 valence electrons. The van der Waals surface area contributed by atoms with Gasteiger partial charge in [0.15, 0.2) is 22.8 Å². The maximum atomic E-state index is 17.5. The zero-order valence-electron chi connectivity index (χ0n) is 24.0. The first-order valence-electron chi connectivity index (χ1n) is 14.3. The van der Waals surface area contributed by atoms with E-state index in [9.17, 15) is 28.7 Å². The molecule has 0 spiro atoms. The second-order valence-electron chi connectivity index (χ2n) is 12.6. The number of rotatable bonds is 6. The lowest BCUT2D eigenvalue weighted by Crippen LogP contribution is -2.70. The van der Waals surface area contributed by atoms with Crippen LogP contribution in [-0.2, 0) is 19.1 Å². The van der Waals surface area contributed by atoms with E-state index in [0.29, 0.717) is 11.8 Å². The molecule has 10 heteroatoms. The molecule has 5 rings (SSSR count). The summed E-state index contributed by atoms with van der Waals surface area (Å²) in [6.07, 6.45) is -0.0376. The number of ether oxygens (including phenoxy) is 1. The highest BCUT2D eigenvalue weighted by atomic mass is 32.2. The number of esters is 1. The summed E-state index contributed by atoms with van der Waals surface area (Å²) in [5.74, 6) is -4.70. The molecule has 42 heavy (non-hydrogen) atoms. The summed E-state index contributed by atoms with van der Waals surface area (Å²) in [4.78, 5) is 52.0. The van der Waals surface area contributed by atoms with Gasteiger partial charge >= 0.3 is 5.97 Å². The molecule has 0 aliphatic heterocycles. The van der Waals surface area contributed by atoms with Crippen molar-refractivity contribution < 1.29 is 42.2 Å². The third kappa shape index (κ3) is 4.19. The minimum Gasteiger partial charge on any atom is -0.449 e. The molecule has 0 bridgehead atoms. The highest BCUT2D eigenvalue weighted by Crippen LogP contribution is 2.72. The van der Waals surface area contributed by atoms with Crippen LogP contribution in [0.25, 0.3) is 0 Å². The normalized spacial score (nSPS) is 40.4. The van der Waals surface area contributed by atoms with Crippen LogP contribution in [0.1, 0.15) is 63.7 Å². The Labute approximate surface area is 247 Å². The molecule has 1 aromatic carbocycles. The molecule has 0 saturated heterocycles. The third-order valence-corrected chi connectivity index (χ3v) is 11.5. The number of alkyl halides is 2. The number of fused-ring (bicyclic) bond motifs is 5. The number of allylic oxidation sites excluding steroid dienone is 4. The molecule has 3 saturated carbocycles. The number of carbonyl (C=O) groups excluding carboxylic acids is 4. The minimum absolute atomic E-state index is 0.00272. The highest BCUT2D eigenvalue weighted by molar-refractivity contribution is 8.14. The van der Waals surface area contributed by atoms with Crippen molar-refractivity contribution in [2.75, 3.05) is 5.75 Å². The molecule has 9 atom stereocenters.